The summed E-state index contributed by atoms with van der Waals surface area (Å²) >= 11 is 11.4. The molecule has 0 radical (unpaired) electrons. The van der Waals surface area contributed by atoms with Crippen LogP contribution in [0.4, 0.5) is 5.69 Å². The smallest absolute Gasteiger partial charge is 0.270 e. The van der Waals surface area contributed by atoms with Crippen LogP contribution in [0.5, 0.6) is 0 Å². The number of para-hydroxylation sites is 2. The SMILES string of the molecule is O=C1NC(=S)N(c2ccccc2Cl)C(=O)/C1=C/c1cccn1-c1ccccc1. The van der Waals surface area contributed by atoms with E-state index in [0.717, 1.165) is 5.69 Å². The molecule has 5 nitrogen and oxygen atoms in total. The number of carbonyl (C=O) groups is 2. The van der Waals surface area contributed by atoms with E-state index in [1.54, 1.807) is 30.3 Å². The van der Waals surface area contributed by atoms with Gasteiger partial charge in [0.1, 0.15) is 5.57 Å². The van der Waals surface area contributed by atoms with Gasteiger partial charge >= 0.3 is 0 Å². The van der Waals surface area contributed by atoms with Crippen molar-refractivity contribution in [2.75, 3.05) is 4.90 Å². The van der Waals surface area contributed by atoms with Gasteiger partial charge in [0.2, 0.25) is 0 Å². The minimum absolute atomic E-state index is 0.00121. The average molecular weight is 408 g/mol. The van der Waals surface area contributed by atoms with Gasteiger partial charge in [-0.05, 0) is 54.7 Å². The highest BCUT2D eigenvalue weighted by atomic mass is 35.5. The van der Waals surface area contributed by atoms with Crippen LogP contribution in [0.1, 0.15) is 5.69 Å². The average Bonchev–Trinajstić information content (AvgIpc) is 3.15. The summed E-state index contributed by atoms with van der Waals surface area (Å²) in [6.45, 7) is 0. The quantitative estimate of drug-likeness (QED) is 0.406. The van der Waals surface area contributed by atoms with Crippen molar-refractivity contribution >= 4 is 52.5 Å². The highest BCUT2D eigenvalue weighted by Crippen LogP contribution is 2.29. The second-order valence-electron chi connectivity index (χ2n) is 6.05. The van der Waals surface area contributed by atoms with E-state index in [0.29, 0.717) is 16.4 Å². The number of amides is 2. The monoisotopic (exact) mass is 407 g/mol. The minimum atomic E-state index is -0.542. The summed E-state index contributed by atoms with van der Waals surface area (Å²) < 4.78 is 1.89. The lowest BCUT2D eigenvalue weighted by Gasteiger charge is -2.29. The third kappa shape index (κ3) is 3.24. The fraction of sp³-hybridized carbons (Fsp3) is 0. The van der Waals surface area contributed by atoms with Crippen molar-refractivity contribution in [3.63, 3.8) is 0 Å². The van der Waals surface area contributed by atoms with Crippen LogP contribution >= 0.6 is 23.8 Å². The van der Waals surface area contributed by atoms with Gasteiger partial charge in [-0.25, -0.2) is 0 Å². The molecule has 1 aliphatic heterocycles. The number of benzene rings is 2. The third-order valence-corrected chi connectivity index (χ3v) is 4.91. The predicted molar refractivity (Wildman–Crippen MR) is 113 cm³/mol. The van der Waals surface area contributed by atoms with Gasteiger partial charge in [0, 0.05) is 17.6 Å². The second kappa shape index (κ2) is 7.42. The molecule has 2 aromatic carbocycles. The van der Waals surface area contributed by atoms with E-state index in [1.165, 1.54) is 4.90 Å². The highest BCUT2D eigenvalue weighted by molar-refractivity contribution is 7.80. The zero-order valence-corrected chi connectivity index (χ0v) is 16.1. The first-order valence-corrected chi connectivity index (χ1v) is 9.23. The van der Waals surface area contributed by atoms with E-state index in [1.807, 2.05) is 53.2 Å². The van der Waals surface area contributed by atoms with Crippen molar-refractivity contribution in [3.05, 3.63) is 89.2 Å². The lowest BCUT2D eigenvalue weighted by Crippen LogP contribution is -2.54. The van der Waals surface area contributed by atoms with E-state index in [2.05, 4.69) is 5.32 Å². The molecule has 1 aliphatic rings. The van der Waals surface area contributed by atoms with Crippen LogP contribution in [-0.2, 0) is 9.59 Å². The van der Waals surface area contributed by atoms with Crippen LogP contribution in [0.3, 0.4) is 0 Å². The maximum absolute atomic E-state index is 13.1. The number of aromatic nitrogens is 1. The molecule has 3 aromatic rings. The molecule has 0 bridgehead atoms. The molecular formula is C21H14ClN3O2S. The summed E-state index contributed by atoms with van der Waals surface area (Å²) in [6, 6.07) is 20.2. The molecule has 2 amide bonds. The molecule has 0 spiro atoms. The lowest BCUT2D eigenvalue weighted by atomic mass is 10.1. The van der Waals surface area contributed by atoms with Gasteiger partial charge in [-0.3, -0.25) is 19.8 Å². The number of nitrogens with one attached hydrogen (secondary N) is 1. The zero-order chi connectivity index (χ0) is 19.7. The second-order valence-corrected chi connectivity index (χ2v) is 6.84. The van der Waals surface area contributed by atoms with Crippen molar-refractivity contribution < 1.29 is 9.59 Å². The third-order valence-electron chi connectivity index (χ3n) is 4.30. The number of hydrogen-bond donors (Lipinski definition) is 1. The maximum Gasteiger partial charge on any atom is 0.270 e. The van der Waals surface area contributed by atoms with Gasteiger partial charge in [0.15, 0.2) is 5.11 Å². The summed E-state index contributed by atoms with van der Waals surface area (Å²) in [5.74, 6) is -1.07. The van der Waals surface area contributed by atoms with Crippen LogP contribution in [-0.4, -0.2) is 21.5 Å². The first-order chi connectivity index (χ1) is 13.6. The summed E-state index contributed by atoms with van der Waals surface area (Å²) in [5.41, 5.74) is 2.01. The van der Waals surface area contributed by atoms with E-state index in [9.17, 15) is 9.59 Å². The number of carbonyl (C=O) groups excluding carboxylic acids is 2. The topological polar surface area (TPSA) is 54.3 Å². The Balaban J connectivity index is 1.77. The summed E-state index contributed by atoms with van der Waals surface area (Å²) in [5, 5.41) is 2.93. The first-order valence-electron chi connectivity index (χ1n) is 8.45. The summed E-state index contributed by atoms with van der Waals surface area (Å²) in [4.78, 5) is 26.8. The highest BCUT2D eigenvalue weighted by Gasteiger charge is 2.35. The number of nitrogens with zero attached hydrogens (tertiary/aromatic N) is 2. The van der Waals surface area contributed by atoms with Crippen LogP contribution in [0, 0.1) is 0 Å². The molecule has 0 unspecified atom stereocenters. The Morgan fingerprint density at radius 3 is 2.39 bits per heavy atom. The molecule has 0 atom stereocenters. The van der Waals surface area contributed by atoms with E-state index >= 15 is 0 Å². The standard InChI is InChI=1S/C21H14ClN3O2S/c22-17-10-4-5-11-18(17)25-20(27)16(19(26)23-21(25)28)13-15-9-6-12-24(15)14-7-2-1-3-8-14/h1-13H,(H,23,26,28)/b16-13+. The Labute approximate surface area is 171 Å². The number of anilines is 1. The zero-order valence-electron chi connectivity index (χ0n) is 14.5. The van der Waals surface area contributed by atoms with Gasteiger partial charge < -0.3 is 4.57 Å². The fourth-order valence-electron chi connectivity index (χ4n) is 2.99. The van der Waals surface area contributed by atoms with Gasteiger partial charge in [0.25, 0.3) is 11.8 Å². The molecule has 1 N–H and O–H groups in total. The van der Waals surface area contributed by atoms with E-state index in [4.69, 9.17) is 23.8 Å². The van der Waals surface area contributed by atoms with Crippen molar-refractivity contribution in [2.24, 2.45) is 0 Å². The van der Waals surface area contributed by atoms with Crippen molar-refractivity contribution in [1.29, 1.82) is 0 Å². The van der Waals surface area contributed by atoms with Crippen molar-refractivity contribution in [2.45, 2.75) is 0 Å². The number of thiocarbonyl (C=S) groups is 1. The summed E-state index contributed by atoms with van der Waals surface area (Å²) in [7, 11) is 0. The predicted octanol–water partition coefficient (Wildman–Crippen LogP) is 3.96. The molecule has 28 heavy (non-hydrogen) atoms. The van der Waals surface area contributed by atoms with Gasteiger partial charge in [0.05, 0.1) is 10.7 Å². The Hall–Kier alpha value is -3.22. The maximum atomic E-state index is 13.1. The lowest BCUT2D eigenvalue weighted by molar-refractivity contribution is -0.122. The van der Waals surface area contributed by atoms with Gasteiger partial charge in [-0.1, -0.05) is 41.9 Å². The largest absolute Gasteiger partial charge is 0.317 e. The molecule has 2 heterocycles. The van der Waals surface area contributed by atoms with Gasteiger partial charge in [-0.2, -0.15) is 0 Å². The van der Waals surface area contributed by atoms with Crippen LogP contribution in [0.2, 0.25) is 5.02 Å². The van der Waals surface area contributed by atoms with E-state index < -0.39 is 11.8 Å². The molecule has 1 saturated heterocycles. The van der Waals surface area contributed by atoms with Crippen molar-refractivity contribution in [1.82, 2.24) is 9.88 Å². The normalized spacial score (nSPS) is 15.8. The Morgan fingerprint density at radius 1 is 0.929 bits per heavy atom. The van der Waals surface area contributed by atoms with Crippen LogP contribution in [0.15, 0.2) is 78.5 Å². The molecule has 1 fully saturated rings. The molecule has 7 heteroatoms. The Kier molecular flexibility index (Phi) is 4.81. The van der Waals surface area contributed by atoms with Crippen molar-refractivity contribution in [3.8, 4) is 5.69 Å². The first kappa shape index (κ1) is 18.2. The molecular weight excluding hydrogens is 394 g/mol. The molecule has 0 saturated carbocycles. The number of rotatable bonds is 3. The Bertz CT molecular complexity index is 1120. The fourth-order valence-corrected chi connectivity index (χ4v) is 3.49. The number of hydrogen-bond acceptors (Lipinski definition) is 3. The molecule has 138 valence electrons. The minimum Gasteiger partial charge on any atom is -0.317 e. The molecule has 0 aliphatic carbocycles. The molecule has 1 aromatic heterocycles. The van der Waals surface area contributed by atoms with E-state index in [-0.39, 0.29) is 10.7 Å². The number of halogens is 1. The van der Waals surface area contributed by atoms with Gasteiger partial charge in [-0.15, -0.1) is 0 Å². The summed E-state index contributed by atoms with van der Waals surface area (Å²) in [6.07, 6.45) is 3.42. The molecule has 4 rings (SSSR count). The van der Waals surface area contributed by atoms with Crippen LogP contribution < -0.4 is 10.2 Å². The Morgan fingerprint density at radius 2 is 1.64 bits per heavy atom. The van der Waals surface area contributed by atoms with Crippen LogP contribution in [0.25, 0.3) is 11.8 Å².